The molecule has 1 N–H and O–H groups in total. The lowest BCUT2D eigenvalue weighted by Gasteiger charge is -2.10. The number of amides is 1. The van der Waals surface area contributed by atoms with Crippen molar-refractivity contribution in [2.45, 2.75) is 45.2 Å². The lowest BCUT2D eigenvalue weighted by atomic mass is 10.1. The Bertz CT molecular complexity index is 1090. The molecular weight excluding hydrogens is 358 g/mol. The van der Waals surface area contributed by atoms with Gasteiger partial charge >= 0.3 is 0 Å². The molecule has 4 heteroatoms. The molecule has 3 aromatic rings. The molecule has 1 saturated carbocycles. The first-order chi connectivity index (χ1) is 14.1. The standard InChI is InChI=1S/C25H25N3O/c1-18-10-12-19(13-11-18)16-28-17-21(23-8-4-5-9-24(23)28)14-20(15-26)25(29)27-22-6-2-3-7-22/h4-5,8-14,17,22H,2-3,6-7,16H2,1H3,(H,27,29)/b20-14-. The van der Waals surface area contributed by atoms with Gasteiger partial charge in [-0.1, -0.05) is 60.9 Å². The number of hydrogen-bond donors (Lipinski definition) is 1. The number of aryl methyl sites for hydroxylation is 1. The average Bonchev–Trinajstić information content (AvgIpc) is 3.36. The van der Waals surface area contributed by atoms with Crippen molar-refractivity contribution in [3.05, 3.63) is 77.0 Å². The third-order valence-corrected chi connectivity index (χ3v) is 5.65. The topological polar surface area (TPSA) is 57.8 Å². The van der Waals surface area contributed by atoms with E-state index in [4.69, 9.17) is 0 Å². The number of hydrogen-bond acceptors (Lipinski definition) is 2. The zero-order valence-electron chi connectivity index (χ0n) is 16.7. The predicted octanol–water partition coefficient (Wildman–Crippen LogP) is 4.96. The minimum atomic E-state index is -0.269. The van der Waals surface area contributed by atoms with Crippen molar-refractivity contribution in [2.24, 2.45) is 0 Å². The second-order valence-corrected chi connectivity index (χ2v) is 7.84. The molecule has 29 heavy (non-hydrogen) atoms. The normalized spacial score (nSPS) is 14.8. The van der Waals surface area contributed by atoms with E-state index in [1.54, 1.807) is 6.08 Å². The van der Waals surface area contributed by atoms with Gasteiger partial charge in [-0.25, -0.2) is 0 Å². The van der Waals surface area contributed by atoms with Crippen molar-refractivity contribution in [3.8, 4) is 6.07 Å². The van der Waals surface area contributed by atoms with Crippen LogP contribution >= 0.6 is 0 Å². The minimum absolute atomic E-state index is 0.162. The molecule has 0 atom stereocenters. The van der Waals surface area contributed by atoms with Crippen LogP contribution in [-0.4, -0.2) is 16.5 Å². The summed E-state index contributed by atoms with van der Waals surface area (Å²) in [5.41, 5.74) is 4.60. The molecule has 1 fully saturated rings. The Labute approximate surface area is 171 Å². The maximum Gasteiger partial charge on any atom is 0.262 e. The number of benzene rings is 2. The highest BCUT2D eigenvalue weighted by molar-refractivity contribution is 6.04. The Morgan fingerprint density at radius 2 is 1.90 bits per heavy atom. The Balaban J connectivity index is 1.65. The first kappa shape index (κ1) is 19.0. The van der Waals surface area contributed by atoms with Crippen LogP contribution in [0.2, 0.25) is 0 Å². The van der Waals surface area contributed by atoms with Crippen LogP contribution in [0.15, 0.2) is 60.3 Å². The second-order valence-electron chi connectivity index (χ2n) is 7.84. The number of rotatable bonds is 5. The van der Waals surface area contributed by atoms with Gasteiger partial charge in [0.05, 0.1) is 0 Å². The highest BCUT2D eigenvalue weighted by Gasteiger charge is 2.19. The number of para-hydroxylation sites is 1. The van der Waals surface area contributed by atoms with Crippen molar-refractivity contribution in [3.63, 3.8) is 0 Å². The highest BCUT2D eigenvalue weighted by Crippen LogP contribution is 2.25. The molecule has 0 radical (unpaired) electrons. The van der Waals surface area contributed by atoms with Crippen LogP contribution in [-0.2, 0) is 11.3 Å². The zero-order valence-corrected chi connectivity index (χ0v) is 16.7. The minimum Gasteiger partial charge on any atom is -0.349 e. The Hall–Kier alpha value is -3.32. The Kier molecular flexibility index (Phi) is 5.48. The van der Waals surface area contributed by atoms with E-state index in [9.17, 15) is 10.1 Å². The molecule has 0 aliphatic heterocycles. The molecule has 1 heterocycles. The van der Waals surface area contributed by atoms with E-state index in [1.165, 1.54) is 11.1 Å². The molecule has 0 saturated heterocycles. The van der Waals surface area contributed by atoms with Gasteiger partial charge in [0.2, 0.25) is 0 Å². The lowest BCUT2D eigenvalue weighted by Crippen LogP contribution is -2.33. The van der Waals surface area contributed by atoms with E-state index < -0.39 is 0 Å². The molecule has 1 aliphatic carbocycles. The Morgan fingerprint density at radius 3 is 2.62 bits per heavy atom. The molecule has 146 valence electrons. The highest BCUT2D eigenvalue weighted by atomic mass is 16.1. The summed E-state index contributed by atoms with van der Waals surface area (Å²) in [6.45, 7) is 2.82. The molecule has 4 nitrogen and oxygen atoms in total. The van der Waals surface area contributed by atoms with Crippen molar-refractivity contribution in [1.29, 1.82) is 5.26 Å². The van der Waals surface area contributed by atoms with Gasteiger partial charge in [-0.15, -0.1) is 0 Å². The summed E-state index contributed by atoms with van der Waals surface area (Å²) in [5, 5.41) is 13.6. The lowest BCUT2D eigenvalue weighted by molar-refractivity contribution is -0.117. The van der Waals surface area contributed by atoms with Gasteiger partial charge in [-0.2, -0.15) is 5.26 Å². The van der Waals surface area contributed by atoms with Crippen molar-refractivity contribution in [1.82, 2.24) is 9.88 Å². The van der Waals surface area contributed by atoms with Crippen LogP contribution in [0.4, 0.5) is 0 Å². The maximum absolute atomic E-state index is 12.6. The first-order valence-corrected chi connectivity index (χ1v) is 10.2. The molecule has 1 aliphatic rings. The van der Waals surface area contributed by atoms with Gasteiger partial charge in [0, 0.05) is 35.2 Å². The summed E-state index contributed by atoms with van der Waals surface area (Å²) in [7, 11) is 0. The molecule has 0 bridgehead atoms. The van der Waals surface area contributed by atoms with Gasteiger partial charge in [0.15, 0.2) is 0 Å². The fraction of sp³-hybridized carbons (Fsp3) is 0.280. The molecule has 0 spiro atoms. The summed E-state index contributed by atoms with van der Waals surface area (Å²) in [4.78, 5) is 12.6. The van der Waals surface area contributed by atoms with Gasteiger partial charge in [-0.3, -0.25) is 4.79 Å². The monoisotopic (exact) mass is 383 g/mol. The van der Waals surface area contributed by atoms with Crippen LogP contribution in [0.3, 0.4) is 0 Å². The smallest absolute Gasteiger partial charge is 0.262 e. The largest absolute Gasteiger partial charge is 0.349 e. The average molecular weight is 383 g/mol. The van der Waals surface area contributed by atoms with Gasteiger partial charge in [0.25, 0.3) is 5.91 Å². The fourth-order valence-corrected chi connectivity index (χ4v) is 4.05. The number of carbonyl (C=O) groups is 1. The summed E-state index contributed by atoms with van der Waals surface area (Å²) < 4.78 is 2.18. The Morgan fingerprint density at radius 1 is 1.17 bits per heavy atom. The summed E-state index contributed by atoms with van der Waals surface area (Å²) in [5.74, 6) is -0.269. The first-order valence-electron chi connectivity index (χ1n) is 10.2. The number of fused-ring (bicyclic) bond motifs is 1. The number of nitrogens with one attached hydrogen (secondary N) is 1. The SMILES string of the molecule is Cc1ccc(Cn2cc(/C=C(/C#N)C(=O)NC3CCCC3)c3ccccc32)cc1. The molecule has 0 unspecified atom stereocenters. The number of aromatic nitrogens is 1. The van der Waals surface area contributed by atoms with E-state index in [-0.39, 0.29) is 17.5 Å². The van der Waals surface area contributed by atoms with Gasteiger partial charge in [-0.05, 0) is 37.5 Å². The van der Waals surface area contributed by atoms with Crippen LogP contribution in [0.25, 0.3) is 17.0 Å². The summed E-state index contributed by atoms with van der Waals surface area (Å²) in [6.07, 6.45) is 8.04. The zero-order chi connectivity index (χ0) is 20.2. The molecule has 2 aromatic carbocycles. The van der Waals surface area contributed by atoms with E-state index in [0.29, 0.717) is 0 Å². The van der Waals surface area contributed by atoms with Gasteiger partial charge < -0.3 is 9.88 Å². The number of carbonyl (C=O) groups excluding carboxylic acids is 1. The third kappa shape index (κ3) is 4.25. The van der Waals surface area contributed by atoms with Crippen LogP contribution < -0.4 is 5.32 Å². The van der Waals surface area contributed by atoms with Crippen LogP contribution in [0, 0.1) is 18.3 Å². The number of nitriles is 1. The maximum atomic E-state index is 12.6. The fourth-order valence-electron chi connectivity index (χ4n) is 4.05. The number of nitrogens with zero attached hydrogens (tertiary/aromatic N) is 2. The van der Waals surface area contributed by atoms with Crippen molar-refractivity contribution in [2.75, 3.05) is 0 Å². The van der Waals surface area contributed by atoms with Crippen molar-refractivity contribution >= 4 is 22.9 Å². The van der Waals surface area contributed by atoms with E-state index >= 15 is 0 Å². The summed E-state index contributed by atoms with van der Waals surface area (Å²) >= 11 is 0. The molecular formula is C25H25N3O. The predicted molar refractivity (Wildman–Crippen MR) is 116 cm³/mol. The summed E-state index contributed by atoms with van der Waals surface area (Å²) in [6, 6.07) is 18.9. The molecule has 1 aromatic heterocycles. The van der Waals surface area contributed by atoms with Crippen LogP contribution in [0.1, 0.15) is 42.4 Å². The quantitative estimate of drug-likeness (QED) is 0.500. The van der Waals surface area contributed by atoms with Crippen molar-refractivity contribution < 1.29 is 4.79 Å². The second kappa shape index (κ2) is 8.36. The van der Waals surface area contributed by atoms with E-state index in [1.807, 2.05) is 24.4 Å². The van der Waals surface area contributed by atoms with E-state index in [2.05, 4.69) is 53.2 Å². The molecule has 1 amide bonds. The van der Waals surface area contributed by atoms with E-state index in [0.717, 1.165) is 48.7 Å². The van der Waals surface area contributed by atoms with Gasteiger partial charge in [0.1, 0.15) is 11.6 Å². The third-order valence-electron chi connectivity index (χ3n) is 5.65. The molecule has 4 rings (SSSR count). The van der Waals surface area contributed by atoms with Crippen LogP contribution in [0.5, 0.6) is 0 Å².